The Morgan fingerprint density at radius 2 is 2.25 bits per heavy atom. The van der Waals surface area contributed by atoms with Crippen LogP contribution in [0.4, 0.5) is 0 Å². The second kappa shape index (κ2) is 6.89. The summed E-state index contributed by atoms with van der Waals surface area (Å²) >= 11 is 0. The van der Waals surface area contributed by atoms with E-state index in [9.17, 15) is 4.79 Å². The van der Waals surface area contributed by atoms with Crippen LogP contribution >= 0.6 is 0 Å². The average Bonchev–Trinajstić information content (AvgIpc) is 2.84. The highest BCUT2D eigenvalue weighted by Crippen LogP contribution is 2.22. The molecule has 1 aliphatic rings. The summed E-state index contributed by atoms with van der Waals surface area (Å²) in [5, 5.41) is 0. The standard InChI is InChI=1S/C17H25NO2/c1-13(2)18-9-5-7-16(18)12-20-17-8-4-6-15(11-17)10-14(3)19/h4,6,8,11,13,16H,5,7,9-10,12H2,1-3H3/t16-/m0/s1. The van der Waals surface area contributed by atoms with E-state index in [0.717, 1.165) is 17.9 Å². The first kappa shape index (κ1) is 15.0. The minimum atomic E-state index is 0.184. The topological polar surface area (TPSA) is 29.5 Å². The van der Waals surface area contributed by atoms with Crippen LogP contribution in [0.15, 0.2) is 24.3 Å². The van der Waals surface area contributed by atoms with Crippen molar-refractivity contribution in [3.8, 4) is 5.75 Å². The second-order valence-corrected chi connectivity index (χ2v) is 5.96. The van der Waals surface area contributed by atoms with Crippen LogP contribution in [-0.2, 0) is 11.2 Å². The van der Waals surface area contributed by atoms with E-state index in [2.05, 4.69) is 18.7 Å². The third-order valence-corrected chi connectivity index (χ3v) is 3.88. The van der Waals surface area contributed by atoms with Gasteiger partial charge in [0.2, 0.25) is 0 Å². The van der Waals surface area contributed by atoms with Crippen molar-refractivity contribution in [1.82, 2.24) is 4.90 Å². The number of carbonyl (C=O) groups excluding carboxylic acids is 1. The molecule has 1 aromatic rings. The van der Waals surface area contributed by atoms with Crippen molar-refractivity contribution in [3.05, 3.63) is 29.8 Å². The summed E-state index contributed by atoms with van der Waals surface area (Å²) in [7, 11) is 0. The summed E-state index contributed by atoms with van der Waals surface area (Å²) < 4.78 is 5.94. The van der Waals surface area contributed by atoms with Crippen molar-refractivity contribution in [2.45, 2.75) is 52.1 Å². The maximum atomic E-state index is 11.2. The number of ether oxygens (including phenoxy) is 1. The molecule has 1 heterocycles. The molecule has 0 spiro atoms. The van der Waals surface area contributed by atoms with Gasteiger partial charge < -0.3 is 4.74 Å². The van der Waals surface area contributed by atoms with Gasteiger partial charge in [-0.15, -0.1) is 0 Å². The lowest BCUT2D eigenvalue weighted by molar-refractivity contribution is -0.116. The van der Waals surface area contributed by atoms with Crippen LogP contribution in [0, 0.1) is 0 Å². The van der Waals surface area contributed by atoms with E-state index in [-0.39, 0.29) is 5.78 Å². The van der Waals surface area contributed by atoms with Gasteiger partial charge in [0.1, 0.15) is 18.1 Å². The molecule has 0 aromatic heterocycles. The molecule has 0 aliphatic carbocycles. The first-order valence-corrected chi connectivity index (χ1v) is 7.53. The largest absolute Gasteiger partial charge is 0.492 e. The number of ketones is 1. The summed E-state index contributed by atoms with van der Waals surface area (Å²) in [5.74, 6) is 1.06. The Balaban J connectivity index is 1.92. The average molecular weight is 275 g/mol. The summed E-state index contributed by atoms with van der Waals surface area (Å²) in [6, 6.07) is 8.99. The quantitative estimate of drug-likeness (QED) is 0.799. The highest BCUT2D eigenvalue weighted by molar-refractivity contribution is 5.78. The Kier molecular flexibility index (Phi) is 5.18. The number of nitrogens with zero attached hydrogens (tertiary/aromatic N) is 1. The lowest BCUT2D eigenvalue weighted by Gasteiger charge is -2.28. The van der Waals surface area contributed by atoms with E-state index in [1.165, 1.54) is 19.4 Å². The molecular formula is C17H25NO2. The van der Waals surface area contributed by atoms with Crippen molar-refractivity contribution in [3.63, 3.8) is 0 Å². The Bertz CT molecular complexity index is 456. The Morgan fingerprint density at radius 3 is 2.95 bits per heavy atom. The van der Waals surface area contributed by atoms with Gasteiger partial charge in [0, 0.05) is 18.5 Å². The predicted molar refractivity (Wildman–Crippen MR) is 81.2 cm³/mol. The number of Topliss-reactive ketones (excluding diaryl/α,β-unsaturated/α-hetero) is 1. The molecule has 1 aromatic carbocycles. The molecule has 1 fully saturated rings. The molecule has 1 aliphatic heterocycles. The summed E-state index contributed by atoms with van der Waals surface area (Å²) in [6.45, 7) is 8.02. The molecule has 0 bridgehead atoms. The number of hydrogen-bond acceptors (Lipinski definition) is 3. The summed E-state index contributed by atoms with van der Waals surface area (Å²) in [4.78, 5) is 13.7. The number of rotatable bonds is 6. The van der Waals surface area contributed by atoms with E-state index in [1.807, 2.05) is 24.3 Å². The van der Waals surface area contributed by atoms with E-state index >= 15 is 0 Å². The molecule has 0 radical (unpaired) electrons. The van der Waals surface area contributed by atoms with Crippen LogP contribution in [0.3, 0.4) is 0 Å². The fraction of sp³-hybridized carbons (Fsp3) is 0.588. The smallest absolute Gasteiger partial charge is 0.134 e. The van der Waals surface area contributed by atoms with Crippen molar-refractivity contribution in [2.24, 2.45) is 0 Å². The predicted octanol–water partition coefficient (Wildman–Crippen LogP) is 3.07. The highest BCUT2D eigenvalue weighted by Gasteiger charge is 2.26. The van der Waals surface area contributed by atoms with Crippen LogP contribution in [0.1, 0.15) is 39.2 Å². The lowest BCUT2D eigenvalue weighted by atomic mass is 10.1. The van der Waals surface area contributed by atoms with Crippen molar-refractivity contribution in [1.29, 1.82) is 0 Å². The van der Waals surface area contributed by atoms with Gasteiger partial charge >= 0.3 is 0 Å². The third kappa shape index (κ3) is 4.07. The fourth-order valence-electron chi connectivity index (χ4n) is 2.94. The Labute approximate surface area is 121 Å². The van der Waals surface area contributed by atoms with Crippen LogP contribution < -0.4 is 4.74 Å². The molecule has 20 heavy (non-hydrogen) atoms. The molecule has 0 N–H and O–H groups in total. The lowest BCUT2D eigenvalue weighted by Crippen LogP contribution is -2.39. The van der Waals surface area contributed by atoms with Crippen LogP contribution in [-0.4, -0.2) is 35.9 Å². The van der Waals surface area contributed by atoms with E-state index in [4.69, 9.17) is 4.74 Å². The van der Waals surface area contributed by atoms with Gasteiger partial charge in [-0.3, -0.25) is 9.69 Å². The third-order valence-electron chi connectivity index (χ3n) is 3.88. The van der Waals surface area contributed by atoms with E-state index in [0.29, 0.717) is 18.5 Å². The zero-order valence-electron chi connectivity index (χ0n) is 12.8. The molecule has 3 nitrogen and oxygen atoms in total. The molecule has 3 heteroatoms. The monoisotopic (exact) mass is 275 g/mol. The fourth-order valence-corrected chi connectivity index (χ4v) is 2.94. The molecule has 0 saturated carbocycles. The highest BCUT2D eigenvalue weighted by atomic mass is 16.5. The van der Waals surface area contributed by atoms with E-state index in [1.54, 1.807) is 6.92 Å². The zero-order chi connectivity index (χ0) is 14.5. The number of carbonyl (C=O) groups is 1. The van der Waals surface area contributed by atoms with Crippen molar-refractivity contribution in [2.75, 3.05) is 13.2 Å². The van der Waals surface area contributed by atoms with Gasteiger partial charge in [0.25, 0.3) is 0 Å². The molecule has 2 rings (SSSR count). The number of likely N-dealkylation sites (tertiary alicyclic amines) is 1. The maximum absolute atomic E-state index is 11.2. The molecule has 1 atom stereocenters. The zero-order valence-corrected chi connectivity index (χ0v) is 12.8. The summed E-state index contributed by atoms with van der Waals surface area (Å²) in [6.07, 6.45) is 2.96. The minimum absolute atomic E-state index is 0.184. The normalized spacial score (nSPS) is 19.5. The van der Waals surface area contributed by atoms with Gasteiger partial charge in [0.15, 0.2) is 0 Å². The maximum Gasteiger partial charge on any atom is 0.134 e. The first-order valence-electron chi connectivity index (χ1n) is 7.53. The number of benzene rings is 1. The molecule has 0 unspecified atom stereocenters. The number of hydrogen-bond donors (Lipinski definition) is 0. The Hall–Kier alpha value is -1.35. The van der Waals surface area contributed by atoms with Gasteiger partial charge in [-0.05, 0) is 57.9 Å². The summed E-state index contributed by atoms with van der Waals surface area (Å²) in [5.41, 5.74) is 1.03. The Morgan fingerprint density at radius 1 is 1.45 bits per heavy atom. The van der Waals surface area contributed by atoms with Gasteiger partial charge in [-0.2, -0.15) is 0 Å². The van der Waals surface area contributed by atoms with Crippen LogP contribution in [0.25, 0.3) is 0 Å². The van der Waals surface area contributed by atoms with Crippen molar-refractivity contribution < 1.29 is 9.53 Å². The van der Waals surface area contributed by atoms with Gasteiger partial charge in [0.05, 0.1) is 0 Å². The SMILES string of the molecule is CC(=O)Cc1cccc(OC[C@@H]2CCCN2C(C)C)c1. The molecule has 0 amide bonds. The van der Waals surface area contributed by atoms with Gasteiger partial charge in [-0.25, -0.2) is 0 Å². The van der Waals surface area contributed by atoms with Crippen LogP contribution in [0.2, 0.25) is 0 Å². The second-order valence-electron chi connectivity index (χ2n) is 5.96. The van der Waals surface area contributed by atoms with E-state index < -0.39 is 0 Å². The van der Waals surface area contributed by atoms with Gasteiger partial charge in [-0.1, -0.05) is 12.1 Å². The molecule has 1 saturated heterocycles. The molecular weight excluding hydrogens is 250 g/mol. The van der Waals surface area contributed by atoms with Crippen LogP contribution in [0.5, 0.6) is 5.75 Å². The first-order chi connectivity index (χ1) is 9.56. The van der Waals surface area contributed by atoms with Crippen molar-refractivity contribution >= 4 is 5.78 Å². The molecule has 110 valence electrons. The minimum Gasteiger partial charge on any atom is -0.492 e.